The number of nitrogens with zero attached hydrogens (tertiary/aromatic N) is 1. The van der Waals surface area contributed by atoms with E-state index >= 15 is 0 Å². The minimum Gasteiger partial charge on any atom is -0.493 e. The molecule has 1 saturated heterocycles. The normalized spacial score (nSPS) is 22.4. The molecule has 8 heteroatoms. The van der Waals surface area contributed by atoms with Crippen LogP contribution >= 0.6 is 0 Å². The Hall–Kier alpha value is -3.36. The first-order chi connectivity index (χ1) is 19.4. The van der Waals surface area contributed by atoms with Crippen molar-refractivity contribution in [1.29, 1.82) is 0 Å². The van der Waals surface area contributed by atoms with Gasteiger partial charge in [0, 0.05) is 23.7 Å². The molecule has 1 aliphatic carbocycles. The van der Waals surface area contributed by atoms with Crippen LogP contribution in [0.4, 0.5) is 5.69 Å². The molecule has 2 aliphatic heterocycles. The van der Waals surface area contributed by atoms with Crippen LogP contribution in [0.5, 0.6) is 11.5 Å². The Kier molecular flexibility index (Phi) is 8.76. The number of carbonyl (C=O) groups excluding carboxylic acids is 2. The quantitative estimate of drug-likeness (QED) is 0.378. The monoisotopic (exact) mass is 546 g/mol. The topological polar surface area (TPSA) is 91.9 Å². The third kappa shape index (κ3) is 5.74. The van der Waals surface area contributed by atoms with Gasteiger partial charge in [-0.3, -0.25) is 9.59 Å². The zero-order chi connectivity index (χ0) is 28.2. The van der Waals surface area contributed by atoms with Crippen LogP contribution in [0.15, 0.2) is 42.0 Å². The van der Waals surface area contributed by atoms with Crippen LogP contribution in [0.3, 0.4) is 0 Å². The molecule has 3 aliphatic rings. The number of ether oxygens (including phenoxy) is 2. The van der Waals surface area contributed by atoms with Crippen molar-refractivity contribution < 1.29 is 19.1 Å². The minimum absolute atomic E-state index is 0.120. The lowest BCUT2D eigenvalue weighted by Crippen LogP contribution is -2.41. The Labute approximate surface area is 237 Å². The number of hydrogen-bond acceptors (Lipinski definition) is 6. The summed E-state index contributed by atoms with van der Waals surface area (Å²) in [6.07, 6.45) is 6.83. The Balaban J connectivity index is 1.30. The third-order valence-electron chi connectivity index (χ3n) is 8.64. The summed E-state index contributed by atoms with van der Waals surface area (Å²) >= 11 is 0. The Morgan fingerprint density at radius 1 is 1.07 bits per heavy atom. The van der Waals surface area contributed by atoms with Crippen LogP contribution < -0.4 is 25.4 Å². The Bertz CT molecular complexity index is 1280. The van der Waals surface area contributed by atoms with Gasteiger partial charge in [0.2, 0.25) is 0 Å². The van der Waals surface area contributed by atoms with Crippen molar-refractivity contribution in [3.05, 3.63) is 53.1 Å². The number of hydrogen-bond donors (Lipinski definition) is 3. The molecule has 40 heavy (non-hydrogen) atoms. The van der Waals surface area contributed by atoms with Gasteiger partial charge in [-0.15, -0.1) is 0 Å². The van der Waals surface area contributed by atoms with Gasteiger partial charge in [0.25, 0.3) is 11.8 Å². The molecule has 3 N–H and O–H groups in total. The predicted octanol–water partition coefficient (Wildman–Crippen LogP) is 4.60. The lowest BCUT2D eigenvalue weighted by atomic mass is 9.80. The molecule has 5 rings (SSSR count). The van der Waals surface area contributed by atoms with Crippen molar-refractivity contribution in [2.45, 2.75) is 52.1 Å². The first-order valence-electron chi connectivity index (χ1n) is 14.6. The summed E-state index contributed by atoms with van der Waals surface area (Å²) in [4.78, 5) is 29.0. The summed E-state index contributed by atoms with van der Waals surface area (Å²) in [5.41, 5.74) is 4.37. The highest BCUT2D eigenvalue weighted by atomic mass is 16.5. The summed E-state index contributed by atoms with van der Waals surface area (Å²) in [7, 11) is 3.21. The van der Waals surface area contributed by atoms with E-state index in [2.05, 4.69) is 40.8 Å². The standard InChI is InChI=1S/C32H42N4O4/c1-20-18-27(33-13-8-16-36-14-5-6-15-36)21(2)17-24(20)31(37)35-26-12-11-22(25-19-34-32(38)29(25)26)23-9-7-10-28(39-3)30(23)40-4/h7,9-12,17,20-21,27,33H,5-6,8,13-16,18-19H2,1-4H3,(H,34,38)(H,35,37). The zero-order valence-electron chi connectivity index (χ0n) is 24.1. The molecule has 214 valence electrons. The molecule has 2 heterocycles. The van der Waals surface area contributed by atoms with Gasteiger partial charge in [0.1, 0.15) is 0 Å². The Morgan fingerprint density at radius 3 is 2.62 bits per heavy atom. The Morgan fingerprint density at radius 2 is 1.88 bits per heavy atom. The molecular formula is C32H42N4O4. The number of carbonyl (C=O) groups is 2. The van der Waals surface area contributed by atoms with E-state index in [4.69, 9.17) is 9.47 Å². The zero-order valence-corrected chi connectivity index (χ0v) is 24.1. The number of rotatable bonds is 10. The molecule has 2 aromatic carbocycles. The summed E-state index contributed by atoms with van der Waals surface area (Å²) in [5.74, 6) is 1.27. The molecule has 3 atom stereocenters. The van der Waals surface area contributed by atoms with Crippen LogP contribution in [0, 0.1) is 11.8 Å². The van der Waals surface area contributed by atoms with Crippen LogP contribution in [0.25, 0.3) is 11.1 Å². The number of benzene rings is 2. The maximum Gasteiger partial charge on any atom is 0.254 e. The van der Waals surface area contributed by atoms with Crippen molar-refractivity contribution >= 4 is 17.5 Å². The van der Waals surface area contributed by atoms with E-state index in [0.717, 1.165) is 48.2 Å². The van der Waals surface area contributed by atoms with E-state index in [0.29, 0.717) is 35.3 Å². The van der Waals surface area contributed by atoms with E-state index in [1.807, 2.05) is 30.3 Å². The predicted molar refractivity (Wildman–Crippen MR) is 158 cm³/mol. The highest BCUT2D eigenvalue weighted by Crippen LogP contribution is 2.42. The first kappa shape index (κ1) is 28.2. The number of methoxy groups -OCH3 is 2. The number of amides is 2. The maximum atomic E-state index is 13.5. The lowest BCUT2D eigenvalue weighted by Gasteiger charge is -2.33. The highest BCUT2D eigenvalue weighted by Gasteiger charge is 2.32. The molecule has 8 nitrogen and oxygen atoms in total. The lowest BCUT2D eigenvalue weighted by molar-refractivity contribution is -0.113. The SMILES string of the molecule is COc1cccc(-c2ccc(NC(=O)C3=CC(C)C(NCCCN4CCCC4)CC3C)c3c2CNC3=O)c1OC. The molecule has 3 unspecified atom stereocenters. The molecule has 0 bridgehead atoms. The van der Waals surface area contributed by atoms with E-state index in [9.17, 15) is 9.59 Å². The fraction of sp³-hybridized carbons (Fsp3) is 0.500. The summed E-state index contributed by atoms with van der Waals surface area (Å²) in [6, 6.07) is 9.81. The second-order valence-electron chi connectivity index (χ2n) is 11.3. The molecule has 0 spiro atoms. The largest absolute Gasteiger partial charge is 0.493 e. The van der Waals surface area contributed by atoms with Gasteiger partial charge < -0.3 is 30.3 Å². The summed E-state index contributed by atoms with van der Waals surface area (Å²) in [6.45, 7) is 9.31. The van der Waals surface area contributed by atoms with E-state index in [1.165, 1.54) is 25.9 Å². The van der Waals surface area contributed by atoms with Gasteiger partial charge in [0.05, 0.1) is 25.5 Å². The highest BCUT2D eigenvalue weighted by molar-refractivity contribution is 6.11. The fourth-order valence-corrected chi connectivity index (χ4v) is 6.45. The average Bonchev–Trinajstić information content (AvgIpc) is 3.62. The first-order valence-corrected chi connectivity index (χ1v) is 14.6. The third-order valence-corrected chi connectivity index (χ3v) is 8.64. The second kappa shape index (κ2) is 12.4. The maximum absolute atomic E-state index is 13.5. The van der Waals surface area contributed by atoms with Gasteiger partial charge in [-0.2, -0.15) is 0 Å². The smallest absolute Gasteiger partial charge is 0.254 e. The van der Waals surface area contributed by atoms with E-state index in [-0.39, 0.29) is 23.7 Å². The van der Waals surface area contributed by atoms with Crippen molar-refractivity contribution in [3.8, 4) is 22.6 Å². The molecule has 0 aromatic heterocycles. The summed E-state index contributed by atoms with van der Waals surface area (Å²) < 4.78 is 11.1. The van der Waals surface area contributed by atoms with Gasteiger partial charge in [-0.05, 0) is 87.0 Å². The molecule has 2 aromatic rings. The van der Waals surface area contributed by atoms with Crippen LogP contribution in [0.2, 0.25) is 0 Å². The average molecular weight is 547 g/mol. The molecule has 0 radical (unpaired) electrons. The van der Waals surface area contributed by atoms with Crippen molar-refractivity contribution in [1.82, 2.24) is 15.5 Å². The van der Waals surface area contributed by atoms with Crippen molar-refractivity contribution in [2.24, 2.45) is 11.8 Å². The van der Waals surface area contributed by atoms with Crippen molar-refractivity contribution in [2.75, 3.05) is 45.7 Å². The van der Waals surface area contributed by atoms with Crippen LogP contribution in [-0.4, -0.2) is 63.2 Å². The molecule has 2 amide bonds. The summed E-state index contributed by atoms with van der Waals surface area (Å²) in [5, 5.41) is 9.74. The minimum atomic E-state index is -0.189. The van der Waals surface area contributed by atoms with Gasteiger partial charge >= 0.3 is 0 Å². The molecule has 0 saturated carbocycles. The molecular weight excluding hydrogens is 504 g/mol. The number of likely N-dealkylation sites (tertiary alicyclic amines) is 1. The number of anilines is 1. The van der Waals surface area contributed by atoms with Crippen LogP contribution in [-0.2, 0) is 11.3 Å². The van der Waals surface area contributed by atoms with Gasteiger partial charge in [-0.1, -0.05) is 38.1 Å². The van der Waals surface area contributed by atoms with Crippen molar-refractivity contribution in [3.63, 3.8) is 0 Å². The van der Waals surface area contributed by atoms with E-state index < -0.39 is 0 Å². The molecule has 1 fully saturated rings. The number of nitrogens with one attached hydrogen (secondary N) is 3. The van der Waals surface area contributed by atoms with Gasteiger partial charge in [0.15, 0.2) is 11.5 Å². The van der Waals surface area contributed by atoms with Crippen LogP contribution in [0.1, 0.15) is 55.5 Å². The van der Waals surface area contributed by atoms with Gasteiger partial charge in [-0.25, -0.2) is 0 Å². The number of fused-ring (bicyclic) bond motifs is 1. The second-order valence-corrected chi connectivity index (χ2v) is 11.3. The van der Waals surface area contributed by atoms with E-state index in [1.54, 1.807) is 14.2 Å². The fourth-order valence-electron chi connectivity index (χ4n) is 6.45. The number of para-hydroxylation sites is 1.